The molecule has 0 unspecified atom stereocenters. The maximum absolute atomic E-state index is 17.1. The van der Waals surface area contributed by atoms with E-state index in [1.165, 1.54) is 36.5 Å². The molecule has 60 heavy (non-hydrogen) atoms. The highest BCUT2D eigenvalue weighted by molar-refractivity contribution is 6.03. The minimum atomic E-state index is -1.17. The van der Waals surface area contributed by atoms with Gasteiger partial charge in [-0.25, -0.2) is 18.2 Å². The molecule has 1 saturated carbocycles. The van der Waals surface area contributed by atoms with E-state index in [9.17, 15) is 9.90 Å². The zero-order chi connectivity index (χ0) is 42.2. The third kappa shape index (κ3) is 7.83. The van der Waals surface area contributed by atoms with E-state index >= 15 is 13.2 Å². The van der Waals surface area contributed by atoms with Crippen LogP contribution in [0.4, 0.5) is 30.5 Å². The Morgan fingerprint density at radius 2 is 1.97 bits per heavy atom. The molecule has 3 aliphatic rings. The van der Waals surface area contributed by atoms with Crippen LogP contribution in [0.2, 0.25) is 0 Å². The zero-order valence-corrected chi connectivity index (χ0v) is 33.6. The molecule has 3 fully saturated rings. The number of anilines is 3. The number of phenolic OH excluding ortho intramolecular Hbond substituents is 1. The van der Waals surface area contributed by atoms with Gasteiger partial charge in [0.2, 0.25) is 5.91 Å². The number of hydrogen-bond donors (Lipinski definition) is 3. The minimum absolute atomic E-state index is 0.0681. The molecule has 15 heteroatoms. The second-order valence-corrected chi connectivity index (χ2v) is 16.4. The second kappa shape index (κ2) is 16.5. The highest BCUT2D eigenvalue weighted by Crippen LogP contribution is 2.41. The summed E-state index contributed by atoms with van der Waals surface area (Å²) in [6.07, 6.45) is 12.7. The lowest BCUT2D eigenvalue weighted by Crippen LogP contribution is -2.47. The normalized spacial score (nSPS) is 21.3. The molecule has 5 heterocycles. The van der Waals surface area contributed by atoms with Crippen LogP contribution in [0.1, 0.15) is 51.5 Å². The molecule has 8 rings (SSSR count). The summed E-state index contributed by atoms with van der Waals surface area (Å²) in [5, 5.41) is 17.8. The van der Waals surface area contributed by atoms with E-state index in [-0.39, 0.29) is 87.6 Å². The first kappa shape index (κ1) is 40.6. The predicted molar refractivity (Wildman–Crippen MR) is 225 cm³/mol. The van der Waals surface area contributed by atoms with Gasteiger partial charge >= 0.3 is 6.01 Å². The Kier molecular flexibility index (Phi) is 11.2. The summed E-state index contributed by atoms with van der Waals surface area (Å²) in [6.45, 7) is 10.3. The maximum Gasteiger partial charge on any atom is 0.319 e. The lowest BCUT2D eigenvalue weighted by molar-refractivity contribution is -0.116. The number of carbonyl (C=O) groups excluding carboxylic acids is 1. The van der Waals surface area contributed by atoms with Gasteiger partial charge in [-0.05, 0) is 68.5 Å². The van der Waals surface area contributed by atoms with Crippen molar-refractivity contribution < 1.29 is 32.5 Å². The number of fused-ring (bicyclic) bond motifs is 2. The number of hydrogen-bond acceptors (Lipinski definition) is 11. The van der Waals surface area contributed by atoms with Crippen molar-refractivity contribution in [2.24, 2.45) is 5.41 Å². The lowest BCUT2D eigenvalue weighted by Gasteiger charge is -2.37. The van der Waals surface area contributed by atoms with E-state index in [1.54, 1.807) is 6.20 Å². The average Bonchev–Trinajstić information content (AvgIpc) is 3.85. The van der Waals surface area contributed by atoms with Crippen LogP contribution in [0.25, 0.3) is 32.9 Å². The molecule has 2 aromatic carbocycles. The number of halogens is 3. The quantitative estimate of drug-likeness (QED) is 0.0879. The Labute approximate surface area is 346 Å². The van der Waals surface area contributed by atoms with Crippen molar-refractivity contribution in [2.75, 3.05) is 61.1 Å². The fourth-order valence-corrected chi connectivity index (χ4v) is 8.95. The van der Waals surface area contributed by atoms with E-state index < -0.39 is 23.3 Å². The number of aromatic nitrogens is 4. The van der Waals surface area contributed by atoms with Gasteiger partial charge in [-0.3, -0.25) is 9.78 Å². The first-order valence-electron chi connectivity index (χ1n) is 20.2. The number of ether oxygens (including phenoxy) is 2. The van der Waals surface area contributed by atoms with Crippen molar-refractivity contribution >= 4 is 44.9 Å². The number of phenols is 1. The van der Waals surface area contributed by atoms with Crippen LogP contribution in [0, 0.1) is 29.4 Å². The summed E-state index contributed by atoms with van der Waals surface area (Å²) in [5.74, 6) is 1.13. The number of benzene rings is 2. The number of amides is 1. The summed E-state index contributed by atoms with van der Waals surface area (Å²) in [5.41, 5.74) is -0.684. The number of terminal acetylenes is 1. The van der Waals surface area contributed by atoms with Gasteiger partial charge < -0.3 is 35.0 Å². The largest absolute Gasteiger partial charge is 0.508 e. The summed E-state index contributed by atoms with van der Waals surface area (Å²) < 4.78 is 59.4. The molecule has 1 aliphatic carbocycles. The number of morpholine rings is 1. The molecule has 2 aliphatic heterocycles. The van der Waals surface area contributed by atoms with Gasteiger partial charge in [-0.1, -0.05) is 31.4 Å². The molecule has 3 N–H and O–H groups in total. The Bertz CT molecular complexity index is 2490. The van der Waals surface area contributed by atoms with Crippen LogP contribution in [0.3, 0.4) is 0 Å². The summed E-state index contributed by atoms with van der Waals surface area (Å²) in [7, 11) is 0. The number of rotatable bonds is 12. The van der Waals surface area contributed by atoms with E-state index in [1.807, 2.05) is 24.0 Å². The molecular formula is C45H47F3N8O4. The molecular weight excluding hydrogens is 774 g/mol. The lowest BCUT2D eigenvalue weighted by atomic mass is 9.86. The van der Waals surface area contributed by atoms with Gasteiger partial charge in [0, 0.05) is 54.7 Å². The zero-order valence-electron chi connectivity index (χ0n) is 33.6. The molecule has 3 aromatic heterocycles. The van der Waals surface area contributed by atoms with Crippen molar-refractivity contribution in [3.8, 4) is 35.4 Å². The second-order valence-electron chi connectivity index (χ2n) is 16.4. The minimum Gasteiger partial charge on any atom is -0.508 e. The van der Waals surface area contributed by atoms with Crippen LogP contribution in [-0.4, -0.2) is 94.7 Å². The Balaban J connectivity index is 1.16. The van der Waals surface area contributed by atoms with Crippen LogP contribution in [-0.2, 0) is 9.53 Å². The molecule has 12 nitrogen and oxygen atoms in total. The van der Waals surface area contributed by atoms with E-state index in [0.29, 0.717) is 37.5 Å². The first-order valence-corrected chi connectivity index (χ1v) is 20.2. The highest BCUT2D eigenvalue weighted by Gasteiger charge is 2.44. The summed E-state index contributed by atoms with van der Waals surface area (Å²) >= 11 is 0. The smallest absolute Gasteiger partial charge is 0.319 e. The Hall–Kier alpha value is -6.14. The molecule has 5 aromatic rings. The molecule has 0 bridgehead atoms. The highest BCUT2D eigenvalue weighted by atomic mass is 19.1. The van der Waals surface area contributed by atoms with Gasteiger partial charge in [0.1, 0.15) is 47.2 Å². The fourth-order valence-electron chi connectivity index (χ4n) is 8.95. The van der Waals surface area contributed by atoms with Crippen LogP contribution < -0.4 is 25.2 Å². The fraction of sp³-hybridized carbons (Fsp3) is 0.400. The van der Waals surface area contributed by atoms with Crippen molar-refractivity contribution in [1.82, 2.24) is 25.3 Å². The van der Waals surface area contributed by atoms with Gasteiger partial charge in [0.05, 0.1) is 48.1 Å². The van der Waals surface area contributed by atoms with Crippen molar-refractivity contribution in [3.05, 3.63) is 78.6 Å². The predicted octanol–water partition coefficient (Wildman–Crippen LogP) is 7.09. The van der Waals surface area contributed by atoms with Gasteiger partial charge in [0.25, 0.3) is 0 Å². The van der Waals surface area contributed by atoms with E-state index in [0.717, 1.165) is 37.9 Å². The maximum atomic E-state index is 17.1. The third-order valence-corrected chi connectivity index (χ3v) is 12.1. The van der Waals surface area contributed by atoms with Gasteiger partial charge in [-0.15, -0.1) is 6.42 Å². The molecule has 2 saturated heterocycles. The Morgan fingerprint density at radius 3 is 2.70 bits per heavy atom. The van der Waals surface area contributed by atoms with Crippen LogP contribution >= 0.6 is 0 Å². The van der Waals surface area contributed by atoms with Crippen LogP contribution in [0.15, 0.2) is 61.4 Å². The number of nitrogens with zero attached hydrogens (tertiary/aromatic N) is 6. The number of pyridine rings is 2. The van der Waals surface area contributed by atoms with Crippen molar-refractivity contribution in [1.29, 1.82) is 0 Å². The SMILES string of the molecule is C#Cc1c(F)ccc2cc(O)cc(-c3ncc4c(NCC5(CNC(=O)C=C)CCCC5)nc(OC[C@]5(C)C[C@@H](F)CN5c5ccc(N6CCOC[C@@H]6C)cn5)nc4c3F)c12. The number of alkyl halides is 1. The molecule has 312 valence electrons. The van der Waals surface area contributed by atoms with Gasteiger partial charge in [-0.2, -0.15) is 9.97 Å². The summed E-state index contributed by atoms with van der Waals surface area (Å²) in [4.78, 5) is 34.8. The van der Waals surface area contributed by atoms with E-state index in [4.69, 9.17) is 25.9 Å². The number of carbonyl (C=O) groups is 1. The third-order valence-electron chi connectivity index (χ3n) is 12.1. The van der Waals surface area contributed by atoms with Crippen molar-refractivity contribution in [2.45, 2.75) is 63.7 Å². The average molecular weight is 821 g/mol. The molecule has 3 atom stereocenters. The topological polar surface area (TPSA) is 138 Å². The van der Waals surface area contributed by atoms with Gasteiger partial charge in [0.15, 0.2) is 5.82 Å². The number of aromatic hydroxyl groups is 1. The molecule has 0 spiro atoms. The summed E-state index contributed by atoms with van der Waals surface area (Å²) in [6, 6.07) is 9.20. The molecule has 0 radical (unpaired) electrons. The standard InChI is InChI=1S/C45H47F3N8O4/c1-5-32-35(47)11-9-28-17-31(57)18-33(38(28)32)40-39(48)41-34(21-50-40)42(52-25-45(13-7-8-14-45)24-51-37(58)6-2)54-43(53-41)60-26-44(4)19-29(46)22-56(44)36-12-10-30(20-49-36)55-15-16-59-23-27(55)3/h1,6,9-12,17-18,20-21,27,29,57H,2,7-8,13-16,19,22-26H2,3-4H3,(H,51,58)(H,52,53,54)/t27-,29+,44-/m0/s1. The van der Waals surface area contributed by atoms with Crippen LogP contribution in [0.5, 0.6) is 11.8 Å². The number of nitrogens with one attached hydrogen (secondary N) is 2. The van der Waals surface area contributed by atoms with E-state index in [2.05, 4.69) is 44.9 Å². The monoisotopic (exact) mass is 820 g/mol. The van der Waals surface area contributed by atoms with Crippen molar-refractivity contribution in [3.63, 3.8) is 0 Å². The molecule has 1 amide bonds. The first-order chi connectivity index (χ1) is 28.9. The Morgan fingerprint density at radius 1 is 1.15 bits per heavy atom.